The van der Waals surface area contributed by atoms with E-state index < -0.39 is 12.2 Å². The third-order valence-electron chi connectivity index (χ3n) is 8.45. The van der Waals surface area contributed by atoms with Gasteiger partial charge in [-0.05, 0) is 75.5 Å². The lowest BCUT2D eigenvalue weighted by molar-refractivity contribution is -0.0480. The normalized spacial score (nSPS) is 21.5. The molecule has 0 aromatic heterocycles. The number of phenols is 1. The molecule has 0 spiro atoms. The zero-order chi connectivity index (χ0) is 27.6. The number of rotatable bonds is 16. The number of aromatic hydroxyl groups is 1. The average Bonchev–Trinajstić information content (AvgIpc) is 3.71. The van der Waals surface area contributed by atoms with E-state index in [1.54, 1.807) is 13.0 Å². The summed E-state index contributed by atoms with van der Waals surface area (Å²) in [5.74, 6) is 2.89. The number of aliphatic hydroxyl groups excluding tert-OH is 2. The Kier molecular flexibility index (Phi) is 11.2. The molecule has 1 saturated carbocycles. The van der Waals surface area contributed by atoms with Crippen molar-refractivity contribution in [3.05, 3.63) is 59.7 Å². The second-order valence-corrected chi connectivity index (χ2v) is 11.5. The van der Waals surface area contributed by atoms with Crippen molar-refractivity contribution in [3.63, 3.8) is 0 Å². The minimum absolute atomic E-state index is 0.158. The molecule has 2 aliphatic heterocycles. The molecule has 1 fully saturated rings. The predicted octanol–water partition coefficient (Wildman–Crippen LogP) is 6.15. The molecule has 0 radical (unpaired) electrons. The minimum Gasteiger partial charge on any atom is -0.504 e. The van der Waals surface area contributed by atoms with Gasteiger partial charge in [-0.2, -0.15) is 0 Å². The van der Waals surface area contributed by atoms with E-state index in [1.165, 1.54) is 44.4 Å². The smallest absolute Gasteiger partial charge is 0.178 e. The first-order valence-electron chi connectivity index (χ1n) is 15.1. The minimum atomic E-state index is -0.703. The van der Waals surface area contributed by atoms with Gasteiger partial charge in [-0.1, -0.05) is 32.3 Å². The van der Waals surface area contributed by atoms with Gasteiger partial charge in [0.15, 0.2) is 17.2 Å². The first-order chi connectivity index (χ1) is 18.9. The molecule has 4 N–H and O–H groups in total. The highest BCUT2D eigenvalue weighted by atomic mass is 16.5. The van der Waals surface area contributed by atoms with Gasteiger partial charge in [0, 0.05) is 6.42 Å². The Morgan fingerprint density at radius 3 is 2.77 bits per heavy atom. The van der Waals surface area contributed by atoms with E-state index >= 15 is 0 Å². The second kappa shape index (κ2) is 14.8. The van der Waals surface area contributed by atoms with Gasteiger partial charge in [-0.15, -0.1) is 17.1 Å². The van der Waals surface area contributed by atoms with E-state index in [0.29, 0.717) is 43.1 Å². The van der Waals surface area contributed by atoms with Crippen LogP contribution in [0.3, 0.4) is 0 Å². The Morgan fingerprint density at radius 1 is 1.18 bits per heavy atom. The molecule has 1 aromatic rings. The second-order valence-electron chi connectivity index (χ2n) is 11.5. The summed E-state index contributed by atoms with van der Waals surface area (Å²) in [6, 6.07) is 5.61. The highest BCUT2D eigenvalue weighted by Gasteiger charge is 2.38. The maximum atomic E-state index is 10.4. The average molecular weight is 539 g/mol. The Labute approximate surface area is 234 Å². The fraction of sp³-hybridized carbons (Fsp3) is 0.606. The maximum Gasteiger partial charge on any atom is 0.178 e. The lowest BCUT2D eigenvalue weighted by atomic mass is 9.77. The Balaban J connectivity index is 1.25. The number of nitrogens with zero attached hydrogens (tertiary/aromatic N) is 1. The topological polar surface area (TPSA) is 95.1 Å². The van der Waals surface area contributed by atoms with Gasteiger partial charge in [-0.25, -0.2) is 0 Å². The van der Waals surface area contributed by atoms with Gasteiger partial charge in [0.25, 0.3) is 0 Å². The van der Waals surface area contributed by atoms with Crippen molar-refractivity contribution in [1.82, 2.24) is 0 Å². The first kappa shape index (κ1) is 29.6. The summed E-state index contributed by atoms with van der Waals surface area (Å²) in [5.41, 5.74) is 2.12. The summed E-state index contributed by atoms with van der Waals surface area (Å²) in [5, 5.41) is 30.2. The van der Waals surface area contributed by atoms with E-state index in [9.17, 15) is 15.3 Å². The number of phenolic OH excluding ortho intramolecular Hbond substituents is 1. The summed E-state index contributed by atoms with van der Waals surface area (Å²) >= 11 is 0. The van der Waals surface area contributed by atoms with Crippen molar-refractivity contribution in [1.29, 1.82) is 0 Å². The maximum absolute atomic E-state index is 10.4. The molecule has 4 rings (SSSR count). The van der Waals surface area contributed by atoms with E-state index in [-0.39, 0.29) is 5.75 Å². The van der Waals surface area contributed by atoms with Crippen LogP contribution in [0.4, 0.5) is 0 Å². The standard InChI is InChI=1S/C33H47NO5/c1-3-4-9-28-13-14-29(39-28)12-10-24-11-16-32(37)33(20-24)38-19-18-27-21-26(22-34-27)30(25-7-5-6-8-25)15-17-31(36)23(2)35/h11,13-14,16,20-23,25,28,30-31,35-36,39H,3-10,12,15,17-19H2,1-2H3/p+1. The molecule has 6 nitrogen and oxygen atoms in total. The van der Waals surface area contributed by atoms with Crippen LogP contribution in [0.25, 0.3) is 0 Å². The van der Waals surface area contributed by atoms with E-state index in [0.717, 1.165) is 43.0 Å². The number of benzene rings is 1. The van der Waals surface area contributed by atoms with Crippen molar-refractivity contribution < 1.29 is 24.8 Å². The van der Waals surface area contributed by atoms with Crippen LogP contribution < -0.4 is 4.74 Å². The molecule has 1 aromatic carbocycles. The van der Waals surface area contributed by atoms with Gasteiger partial charge in [0.2, 0.25) is 0 Å². The predicted molar refractivity (Wildman–Crippen MR) is 157 cm³/mol. The lowest BCUT2D eigenvalue weighted by Crippen LogP contribution is -2.26. The van der Waals surface area contributed by atoms with Crippen LogP contribution in [0.1, 0.15) is 90.0 Å². The highest BCUT2D eigenvalue weighted by Crippen LogP contribution is 2.41. The fourth-order valence-electron chi connectivity index (χ4n) is 6.00. The monoisotopic (exact) mass is 538 g/mol. The number of ether oxygens (including phenoxy) is 2. The molecule has 3 aliphatic rings. The number of aryl methyl sites for hydroxylation is 1. The number of allylic oxidation sites excluding steroid dienone is 1. The molecule has 1 aliphatic carbocycles. The van der Waals surface area contributed by atoms with E-state index in [2.05, 4.69) is 30.1 Å². The molecule has 4 unspecified atom stereocenters. The van der Waals surface area contributed by atoms with Gasteiger partial charge >= 0.3 is 0 Å². The van der Waals surface area contributed by atoms with Crippen molar-refractivity contribution in [2.45, 2.75) is 109 Å². The van der Waals surface area contributed by atoms with Crippen LogP contribution >= 0.6 is 0 Å². The Morgan fingerprint density at radius 2 is 2.00 bits per heavy atom. The molecular formula is C33H48NO5+. The SMILES string of the molecule is CCCCC1C=C[C-](CCc2ccc(O)c(OCCC3=C[C+](C(CCC(O)C(C)O)C4CCCC4)C=N3)c2)[OH+]1. The summed E-state index contributed by atoms with van der Waals surface area (Å²) in [4.78, 5) is 4.67. The zero-order valence-electron chi connectivity index (χ0n) is 23.8. The molecule has 4 atom stereocenters. The van der Waals surface area contributed by atoms with Crippen LogP contribution in [-0.4, -0.2) is 51.2 Å². The molecule has 6 heteroatoms. The molecular weight excluding hydrogens is 490 g/mol. The summed E-state index contributed by atoms with van der Waals surface area (Å²) in [7, 11) is 0. The third-order valence-corrected chi connectivity index (χ3v) is 8.45. The summed E-state index contributed by atoms with van der Waals surface area (Å²) < 4.78 is 10.8. The van der Waals surface area contributed by atoms with Crippen molar-refractivity contribution in [3.8, 4) is 11.5 Å². The van der Waals surface area contributed by atoms with Crippen LogP contribution in [0, 0.1) is 23.9 Å². The number of hydrogen-bond donors (Lipinski definition) is 3. The van der Waals surface area contributed by atoms with Gasteiger partial charge in [0.05, 0.1) is 30.7 Å². The number of hydrogen-bond acceptors (Lipinski definition) is 5. The van der Waals surface area contributed by atoms with Crippen LogP contribution in [0.5, 0.6) is 11.5 Å². The largest absolute Gasteiger partial charge is 0.504 e. The van der Waals surface area contributed by atoms with Gasteiger partial charge in [-0.3, -0.25) is 0 Å². The number of aliphatic hydroxyl groups is 4. The summed E-state index contributed by atoms with van der Waals surface area (Å²) in [6.07, 6.45) is 21.0. The Bertz CT molecular complexity index is 980. The van der Waals surface area contributed by atoms with E-state index in [4.69, 9.17) is 9.47 Å². The quantitative estimate of drug-likeness (QED) is 0.174. The van der Waals surface area contributed by atoms with Crippen molar-refractivity contribution in [2.24, 2.45) is 16.8 Å². The lowest BCUT2D eigenvalue weighted by Gasteiger charge is -2.23. The van der Waals surface area contributed by atoms with Gasteiger partial charge < -0.3 is 24.8 Å². The van der Waals surface area contributed by atoms with Crippen LogP contribution in [-0.2, 0) is 6.42 Å². The molecule has 0 bridgehead atoms. The summed E-state index contributed by atoms with van der Waals surface area (Å²) in [6.45, 7) is 4.30. The molecule has 0 amide bonds. The first-order valence-corrected chi connectivity index (χ1v) is 15.1. The van der Waals surface area contributed by atoms with Crippen LogP contribution in [0.2, 0.25) is 0 Å². The van der Waals surface area contributed by atoms with Gasteiger partial charge in [0.1, 0.15) is 30.9 Å². The molecule has 2 heterocycles. The number of aliphatic imine (C=N–C) groups is 1. The fourth-order valence-corrected chi connectivity index (χ4v) is 6.00. The zero-order valence-corrected chi connectivity index (χ0v) is 23.8. The van der Waals surface area contributed by atoms with Crippen molar-refractivity contribution >= 4 is 6.21 Å². The number of unbranched alkanes of at least 4 members (excludes halogenated alkanes) is 1. The molecule has 0 saturated heterocycles. The van der Waals surface area contributed by atoms with Crippen molar-refractivity contribution in [2.75, 3.05) is 6.61 Å². The molecule has 214 valence electrons. The van der Waals surface area contributed by atoms with Crippen LogP contribution in [0.15, 0.2) is 47.1 Å². The Hall–Kier alpha value is -2.41. The highest BCUT2D eigenvalue weighted by molar-refractivity contribution is 5.83. The third kappa shape index (κ3) is 8.79. The van der Waals surface area contributed by atoms with E-state index in [1.807, 2.05) is 18.3 Å². The molecule has 39 heavy (non-hydrogen) atoms.